The Morgan fingerprint density at radius 1 is 1.67 bits per heavy atom. The van der Waals surface area contributed by atoms with Crippen LogP contribution in [0, 0.1) is 6.92 Å². The Kier molecular flexibility index (Phi) is 1.86. The molecule has 4 nitrogen and oxygen atoms in total. The van der Waals surface area contributed by atoms with E-state index in [0.717, 1.165) is 31.0 Å². The zero-order valence-corrected chi connectivity index (χ0v) is 7.13. The Labute approximate surface area is 71.1 Å². The van der Waals surface area contributed by atoms with Crippen molar-refractivity contribution in [2.45, 2.75) is 25.9 Å². The number of fused-ring (bicyclic) bond motifs is 1. The van der Waals surface area contributed by atoms with Gasteiger partial charge in [0.25, 0.3) is 0 Å². The highest BCUT2D eigenvalue weighted by Crippen LogP contribution is 2.16. The first kappa shape index (κ1) is 7.76. The van der Waals surface area contributed by atoms with Crippen LogP contribution in [0.5, 0.6) is 0 Å². The van der Waals surface area contributed by atoms with Gasteiger partial charge in [0.2, 0.25) is 0 Å². The lowest BCUT2D eigenvalue weighted by atomic mass is 10.1. The van der Waals surface area contributed by atoms with Gasteiger partial charge in [0.05, 0.1) is 5.69 Å². The van der Waals surface area contributed by atoms with Crippen LogP contribution in [-0.4, -0.2) is 17.7 Å². The number of nitrogens with two attached hydrogens (primary N) is 1. The monoisotopic (exact) mass is 167 g/mol. The molecule has 66 valence electrons. The summed E-state index contributed by atoms with van der Waals surface area (Å²) in [7, 11) is 0. The van der Waals surface area contributed by atoms with Gasteiger partial charge in [0.15, 0.2) is 0 Å². The van der Waals surface area contributed by atoms with E-state index in [1.807, 2.05) is 6.92 Å². The van der Waals surface area contributed by atoms with Crippen LogP contribution in [0.1, 0.15) is 17.0 Å². The number of aryl methyl sites for hydroxylation is 1. The fourth-order valence-electron chi connectivity index (χ4n) is 1.52. The maximum Gasteiger partial charge on any atom is 0.143 e. The quantitative estimate of drug-likeness (QED) is 0.569. The lowest BCUT2D eigenvalue weighted by molar-refractivity contribution is 0.371. The van der Waals surface area contributed by atoms with E-state index in [4.69, 9.17) is 10.3 Å². The van der Waals surface area contributed by atoms with Crippen LogP contribution >= 0.6 is 0 Å². The average molecular weight is 167 g/mol. The molecule has 0 aromatic carbocycles. The number of nitrogens with zero attached hydrogens (tertiary/aromatic N) is 1. The zero-order chi connectivity index (χ0) is 8.55. The minimum Gasteiger partial charge on any atom is -0.361 e. The molecule has 1 aliphatic rings. The van der Waals surface area contributed by atoms with Crippen molar-refractivity contribution in [3.8, 4) is 0 Å². The van der Waals surface area contributed by atoms with E-state index in [-0.39, 0.29) is 6.04 Å². The molecule has 0 radical (unpaired) electrons. The van der Waals surface area contributed by atoms with Crippen LogP contribution in [0.4, 0.5) is 0 Å². The molecule has 0 aliphatic carbocycles. The van der Waals surface area contributed by atoms with E-state index in [2.05, 4.69) is 10.5 Å². The van der Waals surface area contributed by atoms with Gasteiger partial charge in [0, 0.05) is 31.1 Å². The minimum absolute atomic E-state index is 0.151. The third kappa shape index (κ3) is 1.23. The van der Waals surface area contributed by atoms with Crippen molar-refractivity contribution in [1.82, 2.24) is 10.5 Å². The lowest BCUT2D eigenvalue weighted by Crippen LogP contribution is -2.32. The number of hydrogen-bond acceptors (Lipinski definition) is 4. The summed E-state index contributed by atoms with van der Waals surface area (Å²) >= 11 is 0. The van der Waals surface area contributed by atoms with Gasteiger partial charge in [-0.1, -0.05) is 5.16 Å². The molecular formula is C8H13N3O. The highest BCUT2D eigenvalue weighted by molar-refractivity contribution is 5.23. The topological polar surface area (TPSA) is 64.1 Å². The van der Waals surface area contributed by atoms with E-state index >= 15 is 0 Å². The highest BCUT2D eigenvalue weighted by Gasteiger charge is 2.18. The van der Waals surface area contributed by atoms with E-state index in [1.54, 1.807) is 0 Å². The molecule has 2 heterocycles. The number of hydrogen-bond donors (Lipinski definition) is 2. The maximum atomic E-state index is 5.81. The molecule has 0 spiro atoms. The van der Waals surface area contributed by atoms with Crippen molar-refractivity contribution in [2.24, 2.45) is 5.73 Å². The van der Waals surface area contributed by atoms with Crippen LogP contribution in [0.3, 0.4) is 0 Å². The highest BCUT2D eigenvalue weighted by atomic mass is 16.5. The van der Waals surface area contributed by atoms with E-state index in [0.29, 0.717) is 0 Å². The summed E-state index contributed by atoms with van der Waals surface area (Å²) in [6.07, 6.45) is 0.795. The fraction of sp³-hybridized carbons (Fsp3) is 0.625. The van der Waals surface area contributed by atoms with Crippen molar-refractivity contribution < 1.29 is 4.52 Å². The number of nitrogens with one attached hydrogen (secondary N) is 1. The van der Waals surface area contributed by atoms with Crippen molar-refractivity contribution in [1.29, 1.82) is 0 Å². The Bertz CT molecular complexity index is 282. The van der Waals surface area contributed by atoms with Gasteiger partial charge in [-0.3, -0.25) is 0 Å². The van der Waals surface area contributed by atoms with Gasteiger partial charge in [-0.15, -0.1) is 0 Å². The third-order valence-electron chi connectivity index (χ3n) is 2.22. The lowest BCUT2D eigenvalue weighted by Gasteiger charge is -2.04. The molecule has 0 fully saturated rings. The Morgan fingerprint density at radius 3 is 3.33 bits per heavy atom. The standard InChI is InChI=1S/C8H13N3O/c1-5-7-4-10-3-6(9)2-8(7)12-11-5/h6,10H,2-4,9H2,1H3. The van der Waals surface area contributed by atoms with Crippen molar-refractivity contribution >= 4 is 0 Å². The molecule has 4 heteroatoms. The normalized spacial score (nSPS) is 23.3. The molecule has 0 saturated heterocycles. The largest absolute Gasteiger partial charge is 0.361 e. The molecule has 0 amide bonds. The fourth-order valence-corrected chi connectivity index (χ4v) is 1.52. The first-order valence-corrected chi connectivity index (χ1v) is 4.17. The summed E-state index contributed by atoms with van der Waals surface area (Å²) in [5.41, 5.74) is 7.97. The summed E-state index contributed by atoms with van der Waals surface area (Å²) in [5.74, 6) is 0.949. The van der Waals surface area contributed by atoms with Crippen LogP contribution < -0.4 is 11.1 Å². The molecule has 0 saturated carbocycles. The summed E-state index contributed by atoms with van der Waals surface area (Å²) in [6.45, 7) is 3.64. The number of rotatable bonds is 0. The van der Waals surface area contributed by atoms with Crippen molar-refractivity contribution in [3.05, 3.63) is 17.0 Å². The molecule has 0 bridgehead atoms. The van der Waals surface area contributed by atoms with Gasteiger partial charge in [-0.05, 0) is 6.92 Å². The van der Waals surface area contributed by atoms with Crippen LogP contribution in [0.25, 0.3) is 0 Å². The predicted octanol–water partition coefficient (Wildman–Crippen LogP) is -0.0440. The smallest absolute Gasteiger partial charge is 0.143 e. The molecule has 3 N–H and O–H groups in total. The van der Waals surface area contributed by atoms with E-state index in [9.17, 15) is 0 Å². The third-order valence-corrected chi connectivity index (χ3v) is 2.22. The van der Waals surface area contributed by atoms with Crippen molar-refractivity contribution in [2.75, 3.05) is 6.54 Å². The number of aromatic nitrogens is 1. The van der Waals surface area contributed by atoms with Gasteiger partial charge in [0.1, 0.15) is 5.76 Å². The molecule has 1 atom stereocenters. The van der Waals surface area contributed by atoms with Crippen LogP contribution in [-0.2, 0) is 13.0 Å². The predicted molar refractivity (Wildman–Crippen MR) is 44.6 cm³/mol. The summed E-state index contributed by atoms with van der Waals surface area (Å²) in [6, 6.07) is 0.151. The van der Waals surface area contributed by atoms with Gasteiger partial charge < -0.3 is 15.6 Å². The van der Waals surface area contributed by atoms with Crippen LogP contribution in [0.15, 0.2) is 4.52 Å². The van der Waals surface area contributed by atoms with Gasteiger partial charge >= 0.3 is 0 Å². The molecule has 1 aliphatic heterocycles. The molecule has 1 aromatic rings. The zero-order valence-electron chi connectivity index (χ0n) is 7.13. The molecule has 2 rings (SSSR count). The van der Waals surface area contributed by atoms with Crippen molar-refractivity contribution in [3.63, 3.8) is 0 Å². The molecule has 12 heavy (non-hydrogen) atoms. The first-order valence-electron chi connectivity index (χ1n) is 4.17. The molecular weight excluding hydrogens is 154 g/mol. The molecule has 1 aromatic heterocycles. The van der Waals surface area contributed by atoms with Gasteiger partial charge in [-0.25, -0.2) is 0 Å². The van der Waals surface area contributed by atoms with Gasteiger partial charge in [-0.2, -0.15) is 0 Å². The summed E-state index contributed by atoms with van der Waals surface area (Å²) in [4.78, 5) is 0. The summed E-state index contributed by atoms with van der Waals surface area (Å²) < 4.78 is 5.17. The second kappa shape index (κ2) is 2.88. The van der Waals surface area contributed by atoms with Crippen LogP contribution in [0.2, 0.25) is 0 Å². The van der Waals surface area contributed by atoms with E-state index in [1.165, 1.54) is 5.56 Å². The Hall–Kier alpha value is -0.870. The SMILES string of the molecule is Cc1noc2c1CNCC(N)C2. The minimum atomic E-state index is 0.151. The maximum absolute atomic E-state index is 5.81. The Balaban J connectivity index is 2.32. The van der Waals surface area contributed by atoms with E-state index < -0.39 is 0 Å². The summed E-state index contributed by atoms with van der Waals surface area (Å²) in [5, 5.41) is 7.16. The molecule has 1 unspecified atom stereocenters. The Morgan fingerprint density at radius 2 is 2.50 bits per heavy atom. The second-order valence-electron chi connectivity index (χ2n) is 3.26. The first-order chi connectivity index (χ1) is 5.77. The average Bonchev–Trinajstić information content (AvgIpc) is 2.31. The second-order valence-corrected chi connectivity index (χ2v) is 3.26.